The number of nitrogens with one attached hydrogen (secondary N) is 3. The van der Waals surface area contributed by atoms with E-state index in [0.717, 1.165) is 11.1 Å². The maximum atomic E-state index is 15.2. The molecule has 3 aromatic carbocycles. The Morgan fingerprint density at radius 2 is 1.59 bits per heavy atom. The Hall–Kier alpha value is -8.00. The van der Waals surface area contributed by atoms with Gasteiger partial charge in [0.15, 0.2) is 5.69 Å². The van der Waals surface area contributed by atoms with Crippen LogP contribution in [0.3, 0.4) is 0 Å². The minimum Gasteiger partial charge on any atom is -0.445 e. The van der Waals surface area contributed by atoms with Gasteiger partial charge in [-0.3, -0.25) is 34.1 Å². The molecule has 0 unspecified atom stereocenters. The first-order chi connectivity index (χ1) is 33.6. The van der Waals surface area contributed by atoms with Gasteiger partial charge in [-0.15, -0.1) is 0 Å². The Balaban J connectivity index is 0.928. The van der Waals surface area contributed by atoms with Crippen LogP contribution in [-0.2, 0) is 38.6 Å². The summed E-state index contributed by atoms with van der Waals surface area (Å²) in [6.07, 6.45) is 3.72. The van der Waals surface area contributed by atoms with E-state index in [9.17, 15) is 28.8 Å². The fourth-order valence-electron chi connectivity index (χ4n) is 7.58. The molecule has 0 spiro atoms. The maximum Gasteiger partial charge on any atom is 0.412 e. The van der Waals surface area contributed by atoms with Gasteiger partial charge in [-0.25, -0.2) is 24.1 Å². The van der Waals surface area contributed by atoms with Crippen molar-refractivity contribution in [2.24, 2.45) is 0 Å². The number of H-pyrrole nitrogens is 1. The Morgan fingerprint density at radius 3 is 2.31 bits per heavy atom. The second kappa shape index (κ2) is 22.9. The van der Waals surface area contributed by atoms with E-state index in [-0.39, 0.29) is 94.6 Å². The summed E-state index contributed by atoms with van der Waals surface area (Å²) in [5, 5.41) is 17.5. The number of piperazine rings is 1. The molecule has 1 aliphatic rings. The first kappa shape index (κ1) is 49.9. The van der Waals surface area contributed by atoms with Crippen LogP contribution in [0.5, 0.6) is 0 Å². The molecule has 70 heavy (non-hydrogen) atoms. The van der Waals surface area contributed by atoms with Crippen molar-refractivity contribution in [1.29, 1.82) is 0 Å². The molecule has 7 rings (SSSR count). The lowest BCUT2D eigenvalue weighted by Gasteiger charge is -2.36. The predicted octanol–water partition coefficient (Wildman–Crippen LogP) is 5.65. The number of nitrogens with zero attached hydrogens (tertiary/aromatic N) is 7. The molecule has 366 valence electrons. The first-order valence-electron chi connectivity index (χ1n) is 22.8. The topological polar surface area (TPSA) is 223 Å². The van der Waals surface area contributed by atoms with Gasteiger partial charge < -0.3 is 29.3 Å². The normalized spacial score (nSPS) is 12.6. The van der Waals surface area contributed by atoms with Crippen molar-refractivity contribution in [3.8, 4) is 11.1 Å². The number of ether oxygens (including phenoxy) is 3. The number of aromatic nitrogens is 5. The lowest BCUT2D eigenvalue weighted by Crippen LogP contribution is -2.53. The van der Waals surface area contributed by atoms with Crippen LogP contribution < -0.4 is 16.2 Å². The fraction of sp³-hybridized carbons (Fsp3) is 0.340. The molecule has 0 saturated carbocycles. The van der Waals surface area contributed by atoms with E-state index in [0.29, 0.717) is 34.1 Å². The zero-order chi connectivity index (χ0) is 49.8. The number of amides is 5. The summed E-state index contributed by atoms with van der Waals surface area (Å²) >= 11 is 0. The number of pyridine rings is 1. The van der Waals surface area contributed by atoms with Crippen molar-refractivity contribution in [3.63, 3.8) is 0 Å². The highest BCUT2D eigenvalue weighted by atomic mass is 19.1. The molecule has 6 aromatic rings. The third kappa shape index (κ3) is 13.2. The minimum atomic E-state index is -0.793. The number of aryl methyl sites for hydroxylation is 1. The molecule has 3 aromatic heterocycles. The third-order valence-corrected chi connectivity index (χ3v) is 11.2. The van der Waals surface area contributed by atoms with E-state index < -0.39 is 41.3 Å². The Kier molecular flexibility index (Phi) is 16.3. The summed E-state index contributed by atoms with van der Waals surface area (Å²) in [5.41, 5.74) is 2.13. The molecule has 4 heterocycles. The van der Waals surface area contributed by atoms with Crippen LogP contribution in [0.2, 0.25) is 0 Å². The number of anilines is 1. The monoisotopic (exact) mass is 958 g/mol. The maximum absolute atomic E-state index is 15.2. The van der Waals surface area contributed by atoms with E-state index in [2.05, 4.69) is 30.9 Å². The minimum absolute atomic E-state index is 0.0190. The second-order valence-corrected chi connectivity index (χ2v) is 17.4. The molecular weight excluding hydrogens is 904 g/mol. The van der Waals surface area contributed by atoms with Gasteiger partial charge in [-0.05, 0) is 63.1 Å². The van der Waals surface area contributed by atoms with Crippen LogP contribution >= 0.6 is 0 Å². The summed E-state index contributed by atoms with van der Waals surface area (Å²) in [6.45, 7) is 7.91. The van der Waals surface area contributed by atoms with Gasteiger partial charge in [-0.2, -0.15) is 10.2 Å². The quantitative estimate of drug-likeness (QED) is 0.0945. The molecule has 20 heteroatoms. The van der Waals surface area contributed by atoms with Gasteiger partial charge in [0.2, 0.25) is 5.91 Å². The molecule has 0 aliphatic carbocycles. The molecule has 3 N–H and O–H groups in total. The average molecular weight is 959 g/mol. The summed E-state index contributed by atoms with van der Waals surface area (Å²) < 4.78 is 33.7. The molecule has 5 amide bonds. The van der Waals surface area contributed by atoms with Crippen LogP contribution in [-0.4, -0.2) is 134 Å². The highest BCUT2D eigenvalue weighted by Gasteiger charge is 2.29. The molecule has 0 atom stereocenters. The number of carbonyl (C=O) groups is 5. The van der Waals surface area contributed by atoms with Crippen LogP contribution in [0.4, 0.5) is 19.7 Å². The molecule has 1 aliphatic heterocycles. The largest absolute Gasteiger partial charge is 0.445 e. The molecule has 19 nitrogen and oxygen atoms in total. The van der Waals surface area contributed by atoms with Crippen molar-refractivity contribution in [2.75, 3.05) is 64.3 Å². The zero-order valence-electron chi connectivity index (χ0n) is 39.4. The Morgan fingerprint density at radius 1 is 0.857 bits per heavy atom. The summed E-state index contributed by atoms with van der Waals surface area (Å²) in [7, 11) is 0. The summed E-state index contributed by atoms with van der Waals surface area (Å²) in [5.74, 6) is -2.20. The van der Waals surface area contributed by atoms with E-state index in [1.807, 2.05) is 31.3 Å². The van der Waals surface area contributed by atoms with Crippen molar-refractivity contribution < 1.29 is 42.6 Å². The lowest BCUT2D eigenvalue weighted by molar-refractivity contribution is -0.133. The van der Waals surface area contributed by atoms with Crippen molar-refractivity contribution >= 4 is 46.4 Å². The summed E-state index contributed by atoms with van der Waals surface area (Å²) in [4.78, 5) is 87.8. The van der Waals surface area contributed by atoms with Crippen LogP contribution in [0, 0.1) is 5.82 Å². The van der Waals surface area contributed by atoms with Gasteiger partial charge in [0.05, 0.1) is 41.7 Å². The van der Waals surface area contributed by atoms with Crippen molar-refractivity contribution in [1.82, 2.24) is 45.0 Å². The number of rotatable bonds is 17. The smallest absolute Gasteiger partial charge is 0.412 e. The number of benzene rings is 3. The number of halogens is 1. The van der Waals surface area contributed by atoms with Crippen molar-refractivity contribution in [2.45, 2.75) is 52.9 Å². The fourth-order valence-corrected chi connectivity index (χ4v) is 7.58. The number of carbonyl (C=O) groups excluding carboxylic acids is 5. The molecule has 0 bridgehead atoms. The van der Waals surface area contributed by atoms with Crippen molar-refractivity contribution in [3.05, 3.63) is 142 Å². The van der Waals surface area contributed by atoms with E-state index >= 15 is 4.39 Å². The number of hydrogen-bond acceptors (Lipinski definition) is 12. The molecule has 1 saturated heterocycles. The van der Waals surface area contributed by atoms with Gasteiger partial charge in [0.25, 0.3) is 17.4 Å². The highest BCUT2D eigenvalue weighted by molar-refractivity contribution is 6.02. The molecule has 0 radical (unpaired) electrons. The third-order valence-electron chi connectivity index (χ3n) is 11.2. The Bertz CT molecular complexity index is 2890. The average Bonchev–Trinajstić information content (AvgIpc) is 3.84. The first-order valence-corrected chi connectivity index (χ1v) is 22.8. The SMILES string of the molecule is CCn1cc(-c2cnc(C(=O)NCCOCCN(CC(=O)N3CCN(C(=O)c4cc(Cc5n[nH]c(=O)c6ccccc56)ccc4F)CC3)C(=O)OCc3ccccc3)c(NC(=O)OC(C)(C)C)c2)cn1. The van der Waals surface area contributed by atoms with Gasteiger partial charge in [0, 0.05) is 81.1 Å². The van der Waals surface area contributed by atoms with Crippen LogP contribution in [0.25, 0.3) is 21.9 Å². The van der Waals surface area contributed by atoms with E-state index in [4.69, 9.17) is 14.2 Å². The number of aromatic amines is 1. The molecular formula is C50H55FN10O9. The van der Waals surface area contributed by atoms with Gasteiger partial charge >= 0.3 is 12.2 Å². The number of fused-ring (bicyclic) bond motifs is 1. The highest BCUT2D eigenvalue weighted by Crippen LogP contribution is 2.25. The van der Waals surface area contributed by atoms with Crippen LogP contribution in [0.1, 0.15) is 65.4 Å². The lowest BCUT2D eigenvalue weighted by atomic mass is 10.0. The van der Waals surface area contributed by atoms with E-state index in [1.165, 1.54) is 33.0 Å². The van der Waals surface area contributed by atoms with Gasteiger partial charge in [0.1, 0.15) is 24.6 Å². The summed E-state index contributed by atoms with van der Waals surface area (Å²) in [6, 6.07) is 22.0. The zero-order valence-corrected chi connectivity index (χ0v) is 39.4. The second-order valence-electron chi connectivity index (χ2n) is 17.4. The number of hydrogen-bond donors (Lipinski definition) is 3. The van der Waals surface area contributed by atoms with Crippen LogP contribution in [0.15, 0.2) is 102 Å². The van der Waals surface area contributed by atoms with Gasteiger partial charge in [-0.1, -0.05) is 54.6 Å². The standard InChI is InChI=1S/C50H55FN10O9/c1-5-61-30-36(29-54-61)35-27-42(55-48(66)70-50(2,3)4)44(53-28-35)46(64)52-17-23-68-24-22-60(49(67)69-32-33-11-7-6-8-12-33)31-43(62)58-18-20-59(21-19-58)47(65)39-25-34(15-16-40(39)51)26-41-37-13-9-10-14-38(37)45(63)57-56-41/h6-16,25,27-30H,5,17-24,26,31-32H2,1-4H3,(H,52,64)(H,55,66)(H,57,63). The molecule has 1 fully saturated rings. The van der Waals surface area contributed by atoms with E-state index in [1.54, 1.807) is 80.2 Å². The predicted molar refractivity (Wildman–Crippen MR) is 256 cm³/mol. The Labute approximate surface area is 402 Å².